The van der Waals surface area contributed by atoms with Crippen LogP contribution in [0.5, 0.6) is 0 Å². The number of ether oxygens (including phenoxy) is 2. The van der Waals surface area contributed by atoms with Crippen LogP contribution in [0.2, 0.25) is 5.02 Å². The van der Waals surface area contributed by atoms with Gasteiger partial charge in [0, 0.05) is 42.9 Å². The van der Waals surface area contributed by atoms with E-state index in [0.29, 0.717) is 18.5 Å². The number of hydrogen-bond donors (Lipinski definition) is 4. The Labute approximate surface area is 293 Å². The number of carbonyl (C=O) groups excluding carboxylic acids is 5. The third kappa shape index (κ3) is 10.2. The number of hydrogen-bond acceptors (Lipinski definition) is 7. The zero-order chi connectivity index (χ0) is 36.3. The van der Waals surface area contributed by atoms with E-state index in [2.05, 4.69) is 21.3 Å². The number of alkyl carbamates (subject to hydrolysis) is 1. The molecule has 0 aliphatic carbocycles. The van der Waals surface area contributed by atoms with E-state index in [1.807, 2.05) is 0 Å². The molecule has 3 aromatic rings. The highest BCUT2D eigenvalue weighted by molar-refractivity contribution is 6.30. The highest BCUT2D eigenvalue weighted by Gasteiger charge is 2.46. The SMILES string of the molecule is CCNC(=O)C(OC(C)=O)[C@H](C[C@@H]1CCNC1=O)NC(=O)[C@H](Cc1ccccc1)NC(=O)OC(c1ccccc1)C(F)(F)c1cccc(Cl)c1. The maximum Gasteiger partial charge on any atom is 0.408 e. The second-order valence-electron chi connectivity index (χ2n) is 11.8. The summed E-state index contributed by atoms with van der Waals surface area (Å²) in [5, 5.41) is 10.4. The molecule has 1 saturated heterocycles. The zero-order valence-electron chi connectivity index (χ0n) is 27.5. The van der Waals surface area contributed by atoms with Crippen LogP contribution < -0.4 is 21.3 Å². The second-order valence-corrected chi connectivity index (χ2v) is 12.2. The lowest BCUT2D eigenvalue weighted by atomic mass is 9.93. The molecule has 50 heavy (non-hydrogen) atoms. The molecule has 1 heterocycles. The molecule has 0 spiro atoms. The van der Waals surface area contributed by atoms with Gasteiger partial charge in [0.2, 0.25) is 11.8 Å². The van der Waals surface area contributed by atoms with Gasteiger partial charge in [-0.25, -0.2) is 4.79 Å². The van der Waals surface area contributed by atoms with Gasteiger partial charge in [-0.05, 0) is 43.0 Å². The lowest BCUT2D eigenvalue weighted by Gasteiger charge is -2.31. The highest BCUT2D eigenvalue weighted by atomic mass is 35.5. The first kappa shape index (κ1) is 37.8. The summed E-state index contributed by atoms with van der Waals surface area (Å²) in [6.07, 6.45) is -4.75. The number of halogens is 3. The van der Waals surface area contributed by atoms with E-state index in [0.717, 1.165) is 19.1 Å². The Morgan fingerprint density at radius 3 is 2.22 bits per heavy atom. The number of alkyl halides is 2. The van der Waals surface area contributed by atoms with Crippen LogP contribution in [0.4, 0.5) is 13.6 Å². The summed E-state index contributed by atoms with van der Waals surface area (Å²) in [7, 11) is 0. The summed E-state index contributed by atoms with van der Waals surface area (Å²) >= 11 is 6.01. The molecule has 4 N–H and O–H groups in total. The first-order valence-electron chi connectivity index (χ1n) is 16.1. The minimum atomic E-state index is -3.75. The van der Waals surface area contributed by atoms with Gasteiger partial charge >= 0.3 is 18.0 Å². The maximum atomic E-state index is 16.1. The summed E-state index contributed by atoms with van der Waals surface area (Å²) in [6, 6.07) is 18.4. The molecular weight excluding hydrogens is 674 g/mol. The van der Waals surface area contributed by atoms with Gasteiger partial charge in [0.15, 0.2) is 12.2 Å². The molecule has 0 aromatic heterocycles. The Bertz CT molecular complexity index is 1650. The monoisotopic (exact) mass is 712 g/mol. The molecule has 1 aliphatic heterocycles. The quantitative estimate of drug-likeness (QED) is 0.168. The van der Waals surface area contributed by atoms with Gasteiger partial charge < -0.3 is 30.7 Å². The van der Waals surface area contributed by atoms with E-state index in [-0.39, 0.29) is 35.9 Å². The van der Waals surface area contributed by atoms with Gasteiger partial charge in [0.1, 0.15) is 6.04 Å². The molecule has 0 radical (unpaired) electrons. The fourth-order valence-corrected chi connectivity index (χ4v) is 5.85. The molecule has 1 aliphatic rings. The number of esters is 1. The minimum absolute atomic E-state index is 0.0160. The zero-order valence-corrected chi connectivity index (χ0v) is 28.3. The van der Waals surface area contributed by atoms with Crippen LogP contribution in [0.15, 0.2) is 84.9 Å². The molecule has 4 rings (SSSR count). The minimum Gasteiger partial charge on any atom is -0.450 e. The van der Waals surface area contributed by atoms with Gasteiger partial charge in [0.05, 0.1) is 6.04 Å². The second kappa shape index (κ2) is 17.6. The summed E-state index contributed by atoms with van der Waals surface area (Å²) < 4.78 is 42.9. The number of rotatable bonds is 15. The Balaban J connectivity index is 1.65. The fraction of sp³-hybridized carbons (Fsp3) is 0.361. The van der Waals surface area contributed by atoms with Gasteiger partial charge in [0.25, 0.3) is 5.91 Å². The van der Waals surface area contributed by atoms with E-state index >= 15 is 8.78 Å². The normalized spacial score (nSPS) is 16.6. The van der Waals surface area contributed by atoms with Crippen molar-refractivity contribution in [3.05, 3.63) is 107 Å². The largest absolute Gasteiger partial charge is 0.450 e. The third-order valence-electron chi connectivity index (χ3n) is 8.05. The molecule has 266 valence electrons. The van der Waals surface area contributed by atoms with Crippen molar-refractivity contribution in [3.63, 3.8) is 0 Å². The molecule has 5 atom stereocenters. The summed E-state index contributed by atoms with van der Waals surface area (Å²) in [6.45, 7) is 3.33. The summed E-state index contributed by atoms with van der Waals surface area (Å²) in [5.41, 5.74) is 0.0902. The van der Waals surface area contributed by atoms with E-state index in [1.165, 1.54) is 36.4 Å². The maximum absolute atomic E-state index is 16.1. The van der Waals surface area contributed by atoms with Crippen molar-refractivity contribution in [3.8, 4) is 0 Å². The molecule has 0 saturated carbocycles. The van der Waals surface area contributed by atoms with E-state index in [1.54, 1.807) is 43.3 Å². The molecular formula is C36H39ClF2N4O7. The smallest absolute Gasteiger partial charge is 0.408 e. The lowest BCUT2D eigenvalue weighted by Crippen LogP contribution is -2.57. The van der Waals surface area contributed by atoms with Gasteiger partial charge in [-0.15, -0.1) is 0 Å². The van der Waals surface area contributed by atoms with Gasteiger partial charge in [-0.3, -0.25) is 19.2 Å². The van der Waals surface area contributed by atoms with Crippen molar-refractivity contribution in [1.29, 1.82) is 0 Å². The standard InChI is InChI=1S/C36H39ClF2N4O7/c1-3-40-34(47)30(49-22(2)44)28(20-25-17-18-41-32(25)45)42-33(46)29(19-23-11-6-4-7-12-23)43-35(48)50-31(24-13-8-5-9-14-24)36(38,39)26-15-10-16-27(37)21-26/h4-16,21,25,28-31H,3,17-20H2,1-2H3,(H,40,47)(H,41,45)(H,42,46)(H,43,48)/t25-,28-,29-,30?,31?/m0/s1. The van der Waals surface area contributed by atoms with Crippen LogP contribution >= 0.6 is 11.6 Å². The van der Waals surface area contributed by atoms with Crippen LogP contribution in [0.1, 0.15) is 49.5 Å². The Hall–Kier alpha value is -5.04. The molecule has 4 amide bonds. The van der Waals surface area contributed by atoms with Crippen LogP contribution in [-0.2, 0) is 41.0 Å². The highest BCUT2D eigenvalue weighted by Crippen LogP contribution is 2.43. The van der Waals surface area contributed by atoms with Crippen LogP contribution in [0.25, 0.3) is 0 Å². The summed E-state index contributed by atoms with van der Waals surface area (Å²) in [4.78, 5) is 65.2. The molecule has 2 unspecified atom stereocenters. The predicted molar refractivity (Wildman–Crippen MR) is 180 cm³/mol. The number of amides is 4. The van der Waals surface area contributed by atoms with Crippen LogP contribution in [0.3, 0.4) is 0 Å². The summed E-state index contributed by atoms with van der Waals surface area (Å²) in [5.74, 6) is -7.00. The topological polar surface area (TPSA) is 152 Å². The average molecular weight is 713 g/mol. The van der Waals surface area contributed by atoms with Crippen molar-refractivity contribution >= 4 is 41.4 Å². The van der Waals surface area contributed by atoms with E-state index in [4.69, 9.17) is 21.1 Å². The first-order valence-corrected chi connectivity index (χ1v) is 16.5. The van der Waals surface area contributed by atoms with E-state index in [9.17, 15) is 24.0 Å². The first-order chi connectivity index (χ1) is 23.9. The fourth-order valence-electron chi connectivity index (χ4n) is 5.66. The van der Waals surface area contributed by atoms with Crippen molar-refractivity contribution in [2.45, 2.75) is 63.3 Å². The Kier molecular flexibility index (Phi) is 13.3. The van der Waals surface area contributed by atoms with Crippen molar-refractivity contribution in [2.24, 2.45) is 5.92 Å². The molecule has 1 fully saturated rings. The average Bonchev–Trinajstić information content (AvgIpc) is 3.50. The van der Waals surface area contributed by atoms with Crippen molar-refractivity contribution in [1.82, 2.24) is 21.3 Å². The van der Waals surface area contributed by atoms with Crippen molar-refractivity contribution in [2.75, 3.05) is 13.1 Å². The molecule has 11 nitrogen and oxygen atoms in total. The molecule has 3 aromatic carbocycles. The van der Waals surface area contributed by atoms with Gasteiger partial charge in [-0.1, -0.05) is 84.4 Å². The number of likely N-dealkylation sites (N-methyl/N-ethyl adjacent to an activating group) is 1. The number of nitrogens with one attached hydrogen (secondary N) is 4. The number of benzene rings is 3. The van der Waals surface area contributed by atoms with E-state index < -0.39 is 65.6 Å². The predicted octanol–water partition coefficient (Wildman–Crippen LogP) is 4.59. The molecule has 14 heteroatoms. The van der Waals surface area contributed by atoms with Crippen LogP contribution in [-0.4, -0.2) is 61.1 Å². The third-order valence-corrected chi connectivity index (χ3v) is 8.29. The molecule has 0 bridgehead atoms. The van der Waals surface area contributed by atoms with Gasteiger partial charge in [-0.2, -0.15) is 8.78 Å². The Morgan fingerprint density at radius 1 is 0.940 bits per heavy atom. The lowest BCUT2D eigenvalue weighted by molar-refractivity contribution is -0.157. The van der Waals surface area contributed by atoms with Crippen LogP contribution in [0, 0.1) is 5.92 Å². The van der Waals surface area contributed by atoms with Crippen molar-refractivity contribution < 1.29 is 42.2 Å². The Morgan fingerprint density at radius 2 is 1.62 bits per heavy atom. The number of carbonyl (C=O) groups is 5.